The Labute approximate surface area is 161 Å². The Kier molecular flexibility index (Phi) is 5.98. The van der Waals surface area contributed by atoms with Gasteiger partial charge in [0.25, 0.3) is 0 Å². The topological polar surface area (TPSA) is 78.7 Å². The van der Waals surface area contributed by atoms with Gasteiger partial charge in [-0.3, -0.25) is 9.79 Å². The Hall–Kier alpha value is -2.28. The molecule has 0 spiro atoms. The van der Waals surface area contributed by atoms with E-state index in [0.717, 1.165) is 29.6 Å². The molecular formula is C19H23BrN4O2. The van der Waals surface area contributed by atoms with Gasteiger partial charge in [0.1, 0.15) is 5.76 Å². The Morgan fingerprint density at radius 2 is 2.00 bits per heavy atom. The van der Waals surface area contributed by atoms with E-state index in [9.17, 15) is 4.79 Å². The Bertz CT molecular complexity index is 770. The predicted octanol–water partition coefficient (Wildman–Crippen LogP) is 2.56. The fraction of sp³-hybridized carbons (Fsp3) is 0.368. The fourth-order valence-corrected chi connectivity index (χ4v) is 3.59. The van der Waals surface area contributed by atoms with Gasteiger partial charge in [-0.2, -0.15) is 0 Å². The van der Waals surface area contributed by atoms with E-state index >= 15 is 0 Å². The number of amides is 1. The SMILES string of the molecule is CN=C(NCC(=O)NCc1ccco1)NCC1(c2ccccc2Br)CC1. The maximum atomic E-state index is 11.9. The number of benzene rings is 1. The summed E-state index contributed by atoms with van der Waals surface area (Å²) in [6.07, 6.45) is 3.87. The lowest BCUT2D eigenvalue weighted by molar-refractivity contribution is -0.120. The number of carbonyl (C=O) groups excluding carboxylic acids is 1. The number of nitrogens with zero attached hydrogens (tertiary/aromatic N) is 1. The van der Waals surface area contributed by atoms with E-state index in [2.05, 4.69) is 55.1 Å². The number of hydrogen-bond donors (Lipinski definition) is 3. The summed E-state index contributed by atoms with van der Waals surface area (Å²) in [5.41, 5.74) is 1.46. The summed E-state index contributed by atoms with van der Waals surface area (Å²) in [5, 5.41) is 9.19. The molecule has 0 bridgehead atoms. The average molecular weight is 419 g/mol. The van der Waals surface area contributed by atoms with Gasteiger partial charge in [0.15, 0.2) is 5.96 Å². The van der Waals surface area contributed by atoms with Crippen LogP contribution < -0.4 is 16.0 Å². The van der Waals surface area contributed by atoms with Crippen molar-refractivity contribution in [2.75, 3.05) is 20.1 Å². The zero-order valence-electron chi connectivity index (χ0n) is 14.7. The third-order valence-corrected chi connectivity index (χ3v) is 5.26. The summed E-state index contributed by atoms with van der Waals surface area (Å²) in [7, 11) is 1.70. The number of carbonyl (C=O) groups is 1. The van der Waals surface area contributed by atoms with Crippen LogP contribution in [0.5, 0.6) is 0 Å². The quantitative estimate of drug-likeness (QED) is 0.476. The van der Waals surface area contributed by atoms with Gasteiger partial charge in [-0.25, -0.2) is 0 Å². The van der Waals surface area contributed by atoms with Crippen LogP contribution >= 0.6 is 15.9 Å². The van der Waals surface area contributed by atoms with Gasteiger partial charge in [0, 0.05) is 23.5 Å². The molecule has 138 valence electrons. The number of hydrogen-bond acceptors (Lipinski definition) is 3. The van der Waals surface area contributed by atoms with E-state index < -0.39 is 0 Å². The number of rotatable bonds is 7. The highest BCUT2D eigenvalue weighted by Crippen LogP contribution is 2.49. The molecule has 1 aliphatic rings. The van der Waals surface area contributed by atoms with Crippen molar-refractivity contribution in [3.63, 3.8) is 0 Å². The second kappa shape index (κ2) is 8.40. The monoisotopic (exact) mass is 418 g/mol. The summed E-state index contributed by atoms with van der Waals surface area (Å²) in [6, 6.07) is 12.0. The molecule has 3 rings (SSSR count). The van der Waals surface area contributed by atoms with Crippen molar-refractivity contribution in [3.05, 3.63) is 58.5 Å². The lowest BCUT2D eigenvalue weighted by Gasteiger charge is -2.20. The molecule has 26 heavy (non-hydrogen) atoms. The molecule has 1 fully saturated rings. The molecular weight excluding hydrogens is 396 g/mol. The number of furan rings is 1. The molecule has 0 unspecified atom stereocenters. The second-order valence-corrected chi connectivity index (χ2v) is 7.25. The van der Waals surface area contributed by atoms with Crippen molar-refractivity contribution in [2.24, 2.45) is 4.99 Å². The molecule has 0 aliphatic heterocycles. The summed E-state index contributed by atoms with van der Waals surface area (Å²) >= 11 is 3.65. The molecule has 0 saturated heterocycles. The highest BCUT2D eigenvalue weighted by Gasteiger charge is 2.45. The zero-order valence-corrected chi connectivity index (χ0v) is 16.3. The van der Waals surface area contributed by atoms with Crippen LogP contribution in [-0.4, -0.2) is 32.0 Å². The van der Waals surface area contributed by atoms with Crippen LogP contribution in [-0.2, 0) is 16.8 Å². The van der Waals surface area contributed by atoms with Crippen LogP contribution in [0.1, 0.15) is 24.2 Å². The van der Waals surface area contributed by atoms with Crippen molar-refractivity contribution in [1.82, 2.24) is 16.0 Å². The number of halogens is 1. The molecule has 6 nitrogen and oxygen atoms in total. The third-order valence-electron chi connectivity index (χ3n) is 4.57. The maximum absolute atomic E-state index is 11.9. The van der Waals surface area contributed by atoms with Crippen molar-refractivity contribution >= 4 is 27.8 Å². The average Bonchev–Trinajstić information content (AvgIpc) is 3.25. The molecule has 0 atom stereocenters. The van der Waals surface area contributed by atoms with Crippen LogP contribution in [0.2, 0.25) is 0 Å². The van der Waals surface area contributed by atoms with Gasteiger partial charge < -0.3 is 20.4 Å². The Balaban J connectivity index is 1.45. The summed E-state index contributed by atoms with van der Waals surface area (Å²) in [6.45, 7) is 1.32. The Morgan fingerprint density at radius 1 is 1.19 bits per heavy atom. The minimum absolute atomic E-state index is 0.115. The van der Waals surface area contributed by atoms with Crippen LogP contribution in [0.15, 0.2) is 56.5 Å². The summed E-state index contributed by atoms with van der Waals surface area (Å²) in [5.74, 6) is 1.23. The van der Waals surface area contributed by atoms with Crippen molar-refractivity contribution in [3.8, 4) is 0 Å². The van der Waals surface area contributed by atoms with E-state index in [0.29, 0.717) is 12.5 Å². The first-order valence-corrected chi connectivity index (χ1v) is 9.41. The first kappa shape index (κ1) is 18.5. The van der Waals surface area contributed by atoms with Gasteiger partial charge in [-0.1, -0.05) is 34.1 Å². The minimum atomic E-state index is -0.115. The molecule has 1 aliphatic carbocycles. The van der Waals surface area contributed by atoms with Crippen LogP contribution in [0.4, 0.5) is 0 Å². The molecule has 0 radical (unpaired) electrons. The summed E-state index contributed by atoms with van der Waals surface area (Å²) in [4.78, 5) is 16.1. The van der Waals surface area contributed by atoms with E-state index in [-0.39, 0.29) is 17.9 Å². The van der Waals surface area contributed by atoms with E-state index in [4.69, 9.17) is 4.42 Å². The number of guanidine groups is 1. The number of aliphatic imine (C=N–C) groups is 1. The van der Waals surface area contributed by atoms with Crippen molar-refractivity contribution in [1.29, 1.82) is 0 Å². The lowest BCUT2D eigenvalue weighted by Crippen LogP contribution is -2.45. The highest BCUT2D eigenvalue weighted by atomic mass is 79.9. The predicted molar refractivity (Wildman–Crippen MR) is 105 cm³/mol. The molecule has 1 aromatic heterocycles. The first-order valence-electron chi connectivity index (χ1n) is 8.61. The van der Waals surface area contributed by atoms with E-state index in [1.165, 1.54) is 5.56 Å². The standard InChI is InChI=1S/C19H23BrN4O2/c1-21-18(23-12-17(25)22-11-14-5-4-10-26-14)24-13-19(8-9-19)15-6-2-3-7-16(15)20/h2-7,10H,8-9,11-13H2,1H3,(H,22,25)(H2,21,23,24). The minimum Gasteiger partial charge on any atom is -0.467 e. The molecule has 1 amide bonds. The molecule has 2 aromatic rings. The number of nitrogens with one attached hydrogen (secondary N) is 3. The first-order chi connectivity index (χ1) is 12.6. The van der Waals surface area contributed by atoms with Crippen molar-refractivity contribution < 1.29 is 9.21 Å². The van der Waals surface area contributed by atoms with Crippen LogP contribution in [0.3, 0.4) is 0 Å². The fourth-order valence-electron chi connectivity index (χ4n) is 2.88. The van der Waals surface area contributed by atoms with Gasteiger partial charge in [-0.05, 0) is 36.6 Å². The second-order valence-electron chi connectivity index (χ2n) is 6.40. The summed E-state index contributed by atoms with van der Waals surface area (Å²) < 4.78 is 6.33. The smallest absolute Gasteiger partial charge is 0.239 e. The van der Waals surface area contributed by atoms with Crippen LogP contribution in [0, 0.1) is 0 Å². The highest BCUT2D eigenvalue weighted by molar-refractivity contribution is 9.10. The van der Waals surface area contributed by atoms with Gasteiger partial charge >= 0.3 is 0 Å². The van der Waals surface area contributed by atoms with E-state index in [1.807, 2.05) is 12.1 Å². The Morgan fingerprint density at radius 3 is 2.65 bits per heavy atom. The van der Waals surface area contributed by atoms with Crippen LogP contribution in [0.25, 0.3) is 0 Å². The molecule has 3 N–H and O–H groups in total. The van der Waals surface area contributed by atoms with Gasteiger partial charge in [-0.15, -0.1) is 0 Å². The third kappa shape index (κ3) is 4.66. The molecule has 1 saturated carbocycles. The molecule has 1 heterocycles. The lowest BCUT2D eigenvalue weighted by atomic mass is 9.96. The van der Waals surface area contributed by atoms with Gasteiger partial charge in [0.05, 0.1) is 19.4 Å². The van der Waals surface area contributed by atoms with E-state index in [1.54, 1.807) is 19.4 Å². The molecule has 7 heteroatoms. The van der Waals surface area contributed by atoms with Gasteiger partial charge in [0.2, 0.25) is 5.91 Å². The normalized spacial score (nSPS) is 15.4. The van der Waals surface area contributed by atoms with Crippen molar-refractivity contribution in [2.45, 2.75) is 24.8 Å². The molecule has 1 aromatic carbocycles. The maximum Gasteiger partial charge on any atom is 0.239 e. The zero-order chi connectivity index (χ0) is 18.4. The largest absolute Gasteiger partial charge is 0.467 e.